The summed E-state index contributed by atoms with van der Waals surface area (Å²) in [5.74, 6) is 0.255. The minimum absolute atomic E-state index is 0.0104. The van der Waals surface area contributed by atoms with Crippen molar-refractivity contribution in [1.29, 1.82) is 0 Å². The zero-order valence-corrected chi connectivity index (χ0v) is 15.1. The van der Waals surface area contributed by atoms with Crippen molar-refractivity contribution >= 4 is 34.7 Å². The van der Waals surface area contributed by atoms with Crippen molar-refractivity contribution in [3.8, 4) is 0 Å². The Balaban J connectivity index is 1.88. The first-order chi connectivity index (χ1) is 12.5. The fraction of sp³-hybridized carbons (Fsp3) is 0.389. The van der Waals surface area contributed by atoms with Crippen LogP contribution < -0.4 is 16.4 Å². The minimum Gasteiger partial charge on any atom is -0.382 e. The molecule has 3 rings (SSSR count). The number of aromatic nitrogens is 2. The summed E-state index contributed by atoms with van der Waals surface area (Å²) in [7, 11) is 1.75. The molecular formula is C18H24N6O2. The van der Waals surface area contributed by atoms with E-state index < -0.39 is 0 Å². The first kappa shape index (κ1) is 17.8. The summed E-state index contributed by atoms with van der Waals surface area (Å²) in [5, 5.41) is 10.0. The topological polar surface area (TPSA) is 105 Å². The fourth-order valence-corrected chi connectivity index (χ4v) is 3.05. The van der Waals surface area contributed by atoms with Crippen molar-refractivity contribution in [3.05, 3.63) is 30.0 Å². The highest BCUT2D eigenvalue weighted by Gasteiger charge is 2.19. The highest BCUT2D eigenvalue weighted by atomic mass is 16.2. The number of nitrogens with zero attached hydrogens (tertiary/aromatic N) is 3. The van der Waals surface area contributed by atoms with Gasteiger partial charge in [-0.05, 0) is 37.5 Å². The number of likely N-dealkylation sites (tertiary alicyclic amines) is 1. The van der Waals surface area contributed by atoms with Crippen LogP contribution in [0.25, 0.3) is 0 Å². The monoisotopic (exact) mass is 356 g/mol. The molecule has 0 bridgehead atoms. The number of piperidine rings is 1. The average molecular weight is 356 g/mol. The van der Waals surface area contributed by atoms with Gasteiger partial charge in [0.2, 0.25) is 5.91 Å². The van der Waals surface area contributed by atoms with Crippen LogP contribution in [0.3, 0.4) is 0 Å². The highest BCUT2D eigenvalue weighted by Crippen LogP contribution is 2.30. The van der Waals surface area contributed by atoms with Gasteiger partial charge in [-0.3, -0.25) is 14.3 Å². The van der Waals surface area contributed by atoms with Crippen LogP contribution in [0, 0.1) is 0 Å². The van der Waals surface area contributed by atoms with Gasteiger partial charge in [-0.25, -0.2) is 0 Å². The largest absolute Gasteiger partial charge is 0.382 e. The van der Waals surface area contributed by atoms with E-state index in [9.17, 15) is 9.59 Å². The smallest absolute Gasteiger partial charge is 0.253 e. The lowest BCUT2D eigenvalue weighted by molar-refractivity contribution is -0.114. The molecule has 0 saturated carbocycles. The Hall–Kier alpha value is -3.03. The van der Waals surface area contributed by atoms with Crippen LogP contribution in [0.2, 0.25) is 0 Å². The molecule has 1 aromatic heterocycles. The Bertz CT molecular complexity index is 823. The molecule has 1 aromatic carbocycles. The lowest BCUT2D eigenvalue weighted by Gasteiger charge is -2.27. The number of carbonyl (C=O) groups is 2. The van der Waals surface area contributed by atoms with Crippen molar-refractivity contribution in [2.45, 2.75) is 26.2 Å². The van der Waals surface area contributed by atoms with Crippen molar-refractivity contribution in [2.75, 3.05) is 29.5 Å². The van der Waals surface area contributed by atoms with E-state index in [2.05, 4.69) is 15.7 Å². The Morgan fingerprint density at radius 3 is 2.46 bits per heavy atom. The second-order valence-corrected chi connectivity index (χ2v) is 6.49. The van der Waals surface area contributed by atoms with Gasteiger partial charge >= 0.3 is 0 Å². The third-order valence-corrected chi connectivity index (χ3v) is 4.47. The average Bonchev–Trinajstić information content (AvgIpc) is 2.95. The molecule has 0 radical (unpaired) electrons. The molecule has 8 heteroatoms. The van der Waals surface area contributed by atoms with Gasteiger partial charge in [0.15, 0.2) is 0 Å². The molecule has 1 aliphatic rings. The van der Waals surface area contributed by atoms with Gasteiger partial charge in [-0.15, -0.1) is 0 Å². The number of benzene rings is 1. The first-order valence-corrected chi connectivity index (χ1v) is 8.71. The number of nitrogens with one attached hydrogen (secondary N) is 2. The van der Waals surface area contributed by atoms with E-state index in [1.54, 1.807) is 36.1 Å². The van der Waals surface area contributed by atoms with Crippen LogP contribution in [0.1, 0.15) is 36.5 Å². The molecule has 26 heavy (non-hydrogen) atoms. The molecule has 0 spiro atoms. The molecule has 4 N–H and O–H groups in total. The van der Waals surface area contributed by atoms with Gasteiger partial charge in [0, 0.05) is 32.6 Å². The third-order valence-electron chi connectivity index (χ3n) is 4.47. The van der Waals surface area contributed by atoms with Crippen molar-refractivity contribution < 1.29 is 9.59 Å². The van der Waals surface area contributed by atoms with Crippen molar-refractivity contribution in [1.82, 2.24) is 14.7 Å². The Morgan fingerprint density at radius 1 is 1.12 bits per heavy atom. The van der Waals surface area contributed by atoms with Crippen molar-refractivity contribution in [3.63, 3.8) is 0 Å². The van der Waals surface area contributed by atoms with E-state index >= 15 is 0 Å². The number of amides is 2. The second kappa shape index (κ2) is 7.47. The Labute approximate surface area is 152 Å². The number of hydrogen-bond acceptors (Lipinski definition) is 5. The molecule has 2 amide bonds. The first-order valence-electron chi connectivity index (χ1n) is 8.71. The molecule has 1 fully saturated rings. The van der Waals surface area contributed by atoms with Crippen LogP contribution in [0.4, 0.5) is 22.9 Å². The minimum atomic E-state index is -0.213. The van der Waals surface area contributed by atoms with E-state index in [1.165, 1.54) is 6.92 Å². The number of rotatable bonds is 4. The predicted octanol–water partition coefficient (Wildman–Crippen LogP) is 2.33. The van der Waals surface area contributed by atoms with Gasteiger partial charge in [0.1, 0.15) is 11.5 Å². The Kier molecular flexibility index (Phi) is 5.11. The summed E-state index contributed by atoms with van der Waals surface area (Å²) >= 11 is 0. The summed E-state index contributed by atoms with van der Waals surface area (Å²) in [6, 6.07) is 5.24. The maximum absolute atomic E-state index is 12.7. The summed E-state index contributed by atoms with van der Waals surface area (Å²) in [5.41, 5.74) is 8.34. The maximum atomic E-state index is 12.7. The summed E-state index contributed by atoms with van der Waals surface area (Å²) in [6.45, 7) is 2.99. The van der Waals surface area contributed by atoms with Crippen LogP contribution in [0.5, 0.6) is 0 Å². The maximum Gasteiger partial charge on any atom is 0.253 e. The summed E-state index contributed by atoms with van der Waals surface area (Å²) in [6.07, 6.45) is 4.84. The van der Waals surface area contributed by atoms with Crippen LogP contribution >= 0.6 is 0 Å². The van der Waals surface area contributed by atoms with Gasteiger partial charge in [0.25, 0.3) is 5.91 Å². The zero-order valence-electron chi connectivity index (χ0n) is 15.1. The molecular weight excluding hydrogens is 332 g/mol. The standard InChI is InChI=1S/C18H24N6O2/c1-12(25)21-15-10-13(18(26)24-8-4-3-5-9-24)6-7-14(15)22-16-11-20-23(2)17(16)19/h6-7,10-11,22H,3-5,8-9,19H2,1-2H3,(H,21,25). The van der Waals surface area contributed by atoms with Crippen LogP contribution in [-0.4, -0.2) is 39.6 Å². The molecule has 0 atom stereocenters. The van der Waals surface area contributed by atoms with E-state index in [0.29, 0.717) is 28.4 Å². The van der Waals surface area contributed by atoms with Gasteiger partial charge < -0.3 is 21.3 Å². The highest BCUT2D eigenvalue weighted by molar-refractivity contribution is 6.00. The van der Waals surface area contributed by atoms with Crippen molar-refractivity contribution in [2.24, 2.45) is 7.05 Å². The summed E-state index contributed by atoms with van der Waals surface area (Å²) < 4.78 is 1.55. The summed E-state index contributed by atoms with van der Waals surface area (Å²) in [4.78, 5) is 26.2. The normalized spacial score (nSPS) is 14.2. The third kappa shape index (κ3) is 3.79. The number of nitrogens with two attached hydrogens (primary N) is 1. The van der Waals surface area contributed by atoms with Gasteiger partial charge in [0.05, 0.1) is 17.6 Å². The second-order valence-electron chi connectivity index (χ2n) is 6.49. The van der Waals surface area contributed by atoms with Gasteiger partial charge in [-0.1, -0.05) is 0 Å². The van der Waals surface area contributed by atoms with E-state index in [4.69, 9.17) is 5.73 Å². The molecule has 1 saturated heterocycles. The van der Waals surface area contributed by atoms with Gasteiger partial charge in [-0.2, -0.15) is 5.10 Å². The predicted molar refractivity (Wildman–Crippen MR) is 101 cm³/mol. The molecule has 138 valence electrons. The number of nitrogen functional groups attached to an aromatic ring is 1. The Morgan fingerprint density at radius 2 is 1.85 bits per heavy atom. The lowest BCUT2D eigenvalue weighted by Crippen LogP contribution is -2.35. The molecule has 8 nitrogen and oxygen atoms in total. The SMILES string of the molecule is CC(=O)Nc1cc(C(=O)N2CCCCC2)ccc1Nc1cnn(C)c1N. The van der Waals surface area contributed by atoms with E-state index in [0.717, 1.165) is 32.4 Å². The molecule has 2 heterocycles. The quantitative estimate of drug-likeness (QED) is 0.780. The number of carbonyl (C=O) groups excluding carboxylic acids is 2. The van der Waals surface area contributed by atoms with Crippen LogP contribution in [0.15, 0.2) is 24.4 Å². The van der Waals surface area contributed by atoms with E-state index in [-0.39, 0.29) is 11.8 Å². The molecule has 2 aromatic rings. The fourth-order valence-electron chi connectivity index (χ4n) is 3.05. The molecule has 1 aliphatic heterocycles. The molecule has 0 aliphatic carbocycles. The number of aryl methyl sites for hydroxylation is 1. The number of anilines is 4. The lowest BCUT2D eigenvalue weighted by atomic mass is 10.1. The van der Waals surface area contributed by atoms with Crippen LogP contribution in [-0.2, 0) is 11.8 Å². The molecule has 0 unspecified atom stereocenters. The number of hydrogen-bond donors (Lipinski definition) is 3. The zero-order chi connectivity index (χ0) is 18.7. The van der Waals surface area contributed by atoms with E-state index in [1.807, 2.05) is 4.90 Å².